The molecule has 0 fully saturated rings. The fraction of sp³-hybridized carbons (Fsp3) is 0.385. The van der Waals surface area contributed by atoms with Gasteiger partial charge in [0.05, 0.1) is 0 Å². The second-order valence-electron chi connectivity index (χ2n) is 4.14. The maximum Gasteiger partial charge on any atom is 0.326 e. The molecule has 6 nitrogen and oxygen atoms in total. The molecule has 104 valence electrons. The quantitative estimate of drug-likeness (QED) is 0.658. The summed E-state index contributed by atoms with van der Waals surface area (Å²) in [4.78, 5) is 22.4. The normalized spacial score (nSPS) is 11.7. The Bertz CT molecular complexity index is 431. The number of hydrogen-bond donors (Lipinski definition) is 3. The molecule has 1 atom stereocenters. The van der Waals surface area contributed by atoms with Crippen molar-refractivity contribution in [3.63, 3.8) is 0 Å². The number of amides is 1. The molecule has 0 aliphatic heterocycles. The molecule has 0 bridgehead atoms. The number of rotatable bonds is 7. The second kappa shape index (κ2) is 7.38. The number of carboxylic acids is 1. The van der Waals surface area contributed by atoms with Gasteiger partial charge in [-0.3, -0.25) is 4.79 Å². The fourth-order valence-corrected chi connectivity index (χ4v) is 1.44. The minimum atomic E-state index is -1.10. The summed E-state index contributed by atoms with van der Waals surface area (Å²) in [5, 5.41) is 11.2. The number of aliphatic carboxylic acids is 1. The molecule has 0 unspecified atom stereocenters. The zero-order valence-electron chi connectivity index (χ0n) is 10.8. The van der Waals surface area contributed by atoms with Crippen molar-refractivity contribution in [1.29, 1.82) is 0 Å². The summed E-state index contributed by atoms with van der Waals surface area (Å²) in [5.41, 5.74) is 6.36. The number of carboxylic acid groups (broad SMARTS) is 1. The van der Waals surface area contributed by atoms with Gasteiger partial charge in [0.15, 0.2) is 6.61 Å². The molecule has 1 rings (SSSR count). The molecular weight excluding hydrogens is 248 g/mol. The number of benzene rings is 1. The van der Waals surface area contributed by atoms with Crippen molar-refractivity contribution in [2.45, 2.75) is 19.4 Å². The Morgan fingerprint density at radius 2 is 2.00 bits per heavy atom. The molecule has 0 aliphatic rings. The van der Waals surface area contributed by atoms with Crippen molar-refractivity contribution in [1.82, 2.24) is 5.32 Å². The predicted molar refractivity (Wildman–Crippen MR) is 69.9 cm³/mol. The number of carbonyl (C=O) groups excluding carboxylic acids is 1. The smallest absolute Gasteiger partial charge is 0.326 e. The van der Waals surface area contributed by atoms with Crippen molar-refractivity contribution >= 4 is 11.9 Å². The first-order valence-electron chi connectivity index (χ1n) is 5.94. The zero-order valence-corrected chi connectivity index (χ0v) is 10.8. The Morgan fingerprint density at radius 3 is 2.53 bits per heavy atom. The number of ether oxygens (including phenoxy) is 1. The molecule has 0 radical (unpaired) electrons. The Kier molecular flexibility index (Phi) is 5.81. The van der Waals surface area contributed by atoms with E-state index in [9.17, 15) is 9.59 Å². The molecule has 0 heterocycles. The summed E-state index contributed by atoms with van der Waals surface area (Å²) in [6, 6.07) is 6.25. The van der Waals surface area contributed by atoms with Crippen molar-refractivity contribution in [2.75, 3.05) is 13.2 Å². The molecule has 1 aromatic rings. The van der Waals surface area contributed by atoms with Crippen LogP contribution in [0.5, 0.6) is 5.75 Å². The van der Waals surface area contributed by atoms with Crippen LogP contribution in [-0.2, 0) is 9.59 Å². The standard InChI is InChI=1S/C13H18N2O4/c1-9-2-4-10(5-3-9)19-8-12(16)15-11(6-7-14)13(17)18/h2-5,11H,6-8,14H2,1H3,(H,15,16)(H,17,18)/t11-/m0/s1. The number of carbonyl (C=O) groups is 2. The van der Waals surface area contributed by atoms with Gasteiger partial charge in [0.1, 0.15) is 11.8 Å². The van der Waals surface area contributed by atoms with Crippen LogP contribution in [0.25, 0.3) is 0 Å². The van der Waals surface area contributed by atoms with E-state index in [4.69, 9.17) is 15.6 Å². The lowest BCUT2D eigenvalue weighted by Crippen LogP contribution is -2.44. The van der Waals surface area contributed by atoms with Crippen molar-refractivity contribution in [2.24, 2.45) is 5.73 Å². The Hall–Kier alpha value is -2.08. The topological polar surface area (TPSA) is 102 Å². The molecule has 4 N–H and O–H groups in total. The Labute approximate surface area is 111 Å². The highest BCUT2D eigenvalue weighted by molar-refractivity contribution is 5.84. The van der Waals surface area contributed by atoms with Crippen LogP contribution >= 0.6 is 0 Å². The summed E-state index contributed by atoms with van der Waals surface area (Å²) in [6.07, 6.45) is 0.186. The van der Waals surface area contributed by atoms with Gasteiger partial charge in [-0.2, -0.15) is 0 Å². The van der Waals surface area contributed by atoms with Gasteiger partial charge in [0, 0.05) is 0 Å². The first-order chi connectivity index (χ1) is 9.02. The van der Waals surface area contributed by atoms with Crippen LogP contribution in [0.3, 0.4) is 0 Å². The molecule has 0 saturated carbocycles. The third kappa shape index (κ3) is 5.39. The SMILES string of the molecule is Cc1ccc(OCC(=O)N[C@@H](CCN)C(=O)O)cc1. The van der Waals surface area contributed by atoms with E-state index in [-0.39, 0.29) is 19.6 Å². The van der Waals surface area contributed by atoms with Gasteiger partial charge in [0.2, 0.25) is 0 Å². The lowest BCUT2D eigenvalue weighted by molar-refractivity contribution is -0.142. The summed E-state index contributed by atoms with van der Waals surface area (Å²) < 4.78 is 5.25. The largest absolute Gasteiger partial charge is 0.484 e. The molecule has 0 aliphatic carbocycles. The van der Waals surface area contributed by atoms with E-state index < -0.39 is 17.9 Å². The molecule has 0 spiro atoms. The van der Waals surface area contributed by atoms with Gasteiger partial charge in [-0.1, -0.05) is 17.7 Å². The minimum absolute atomic E-state index is 0.186. The van der Waals surface area contributed by atoms with Gasteiger partial charge in [-0.25, -0.2) is 4.79 Å². The van der Waals surface area contributed by atoms with Gasteiger partial charge >= 0.3 is 5.97 Å². The third-order valence-electron chi connectivity index (χ3n) is 2.48. The molecule has 0 saturated heterocycles. The van der Waals surface area contributed by atoms with Crippen molar-refractivity contribution in [3.05, 3.63) is 29.8 Å². The average molecular weight is 266 g/mol. The lowest BCUT2D eigenvalue weighted by Gasteiger charge is -2.13. The first kappa shape index (κ1) is 15.0. The molecule has 1 amide bonds. The zero-order chi connectivity index (χ0) is 14.3. The summed E-state index contributed by atoms with van der Waals surface area (Å²) in [7, 11) is 0. The third-order valence-corrected chi connectivity index (χ3v) is 2.48. The van der Waals surface area contributed by atoms with Crippen LogP contribution in [0.1, 0.15) is 12.0 Å². The van der Waals surface area contributed by atoms with Crippen LogP contribution in [0.4, 0.5) is 0 Å². The van der Waals surface area contributed by atoms with Crippen molar-refractivity contribution in [3.8, 4) is 5.75 Å². The second-order valence-corrected chi connectivity index (χ2v) is 4.14. The summed E-state index contributed by atoms with van der Waals surface area (Å²) in [5.74, 6) is -1.03. The monoisotopic (exact) mass is 266 g/mol. The van der Waals surface area contributed by atoms with Crippen LogP contribution in [-0.4, -0.2) is 36.2 Å². The maximum absolute atomic E-state index is 11.5. The highest BCUT2D eigenvalue weighted by Gasteiger charge is 2.18. The lowest BCUT2D eigenvalue weighted by atomic mass is 10.2. The first-order valence-corrected chi connectivity index (χ1v) is 5.94. The summed E-state index contributed by atoms with van der Waals surface area (Å²) >= 11 is 0. The van der Waals surface area contributed by atoms with E-state index >= 15 is 0 Å². The Balaban J connectivity index is 2.42. The maximum atomic E-state index is 11.5. The fourth-order valence-electron chi connectivity index (χ4n) is 1.44. The van der Waals surface area contributed by atoms with Crippen LogP contribution in [0.15, 0.2) is 24.3 Å². The molecule has 6 heteroatoms. The van der Waals surface area contributed by atoms with E-state index in [1.807, 2.05) is 19.1 Å². The molecule has 19 heavy (non-hydrogen) atoms. The van der Waals surface area contributed by atoms with E-state index in [1.54, 1.807) is 12.1 Å². The predicted octanol–water partition coefficient (Wildman–Crippen LogP) is 0.292. The highest BCUT2D eigenvalue weighted by Crippen LogP contribution is 2.10. The van der Waals surface area contributed by atoms with E-state index in [1.165, 1.54) is 0 Å². The molecule has 0 aromatic heterocycles. The average Bonchev–Trinajstić information content (AvgIpc) is 2.37. The highest BCUT2D eigenvalue weighted by atomic mass is 16.5. The van der Waals surface area contributed by atoms with Gasteiger partial charge < -0.3 is 20.9 Å². The Morgan fingerprint density at radius 1 is 1.37 bits per heavy atom. The molecule has 1 aromatic carbocycles. The summed E-state index contributed by atoms with van der Waals surface area (Å²) in [6.45, 7) is 1.91. The van der Waals surface area contributed by atoms with Gasteiger partial charge in [-0.05, 0) is 32.0 Å². The van der Waals surface area contributed by atoms with Crippen LogP contribution in [0, 0.1) is 6.92 Å². The number of hydrogen-bond acceptors (Lipinski definition) is 4. The van der Waals surface area contributed by atoms with Crippen molar-refractivity contribution < 1.29 is 19.4 Å². The molecular formula is C13H18N2O4. The van der Waals surface area contributed by atoms with Crippen LogP contribution < -0.4 is 15.8 Å². The van der Waals surface area contributed by atoms with E-state index in [0.29, 0.717) is 5.75 Å². The van der Waals surface area contributed by atoms with Crippen LogP contribution in [0.2, 0.25) is 0 Å². The number of nitrogens with two attached hydrogens (primary N) is 1. The van der Waals surface area contributed by atoms with Gasteiger partial charge in [0.25, 0.3) is 5.91 Å². The van der Waals surface area contributed by atoms with Gasteiger partial charge in [-0.15, -0.1) is 0 Å². The number of nitrogens with one attached hydrogen (secondary N) is 1. The van der Waals surface area contributed by atoms with E-state index in [0.717, 1.165) is 5.56 Å². The minimum Gasteiger partial charge on any atom is -0.484 e. The van der Waals surface area contributed by atoms with E-state index in [2.05, 4.69) is 5.32 Å². The number of aryl methyl sites for hydroxylation is 1.